The van der Waals surface area contributed by atoms with Crippen LogP contribution >= 0.6 is 11.3 Å². The van der Waals surface area contributed by atoms with Crippen LogP contribution in [0.4, 0.5) is 10.9 Å². The highest BCUT2D eigenvalue weighted by Crippen LogP contribution is 2.43. The van der Waals surface area contributed by atoms with Gasteiger partial charge in [0.25, 0.3) is 5.91 Å². The van der Waals surface area contributed by atoms with Crippen LogP contribution < -0.4 is 16.0 Å². The molecule has 6 rings (SSSR count). The highest BCUT2D eigenvalue weighted by atomic mass is 32.1. The zero-order valence-electron chi connectivity index (χ0n) is 21.5. The summed E-state index contributed by atoms with van der Waals surface area (Å²) in [7, 11) is 0. The largest absolute Gasteiger partial charge is 0.352 e. The number of amides is 3. The Labute approximate surface area is 220 Å². The Balaban J connectivity index is 1.23. The lowest BCUT2D eigenvalue weighted by molar-refractivity contribution is -0.127. The van der Waals surface area contributed by atoms with Crippen LogP contribution in [0.25, 0.3) is 0 Å². The van der Waals surface area contributed by atoms with E-state index in [1.54, 1.807) is 24.6 Å². The number of anilines is 2. The number of aryl methyl sites for hydroxylation is 1. The third-order valence-corrected chi connectivity index (χ3v) is 9.40. The first kappa shape index (κ1) is 24.4. The molecule has 3 amide bonds. The summed E-state index contributed by atoms with van der Waals surface area (Å²) in [5, 5.41) is 19.0. The number of likely N-dealkylation sites (tertiary alicyclic amines) is 1. The maximum Gasteiger partial charge on any atom is 0.254 e. The number of carbonyl (C=O) groups is 3. The molecule has 0 spiro atoms. The standard InChI is InChI=1S/C26H35N7O3S/c1-15(34)32-10-9-26(2,13-32)30-25-31-28-14-33(25)18-7-8-20-19(11-18)21(23(36)27-12-16-3-4-16)24(37-20)29-22(35)17-5-6-17/h14,16-18H,3-13H2,1-2H3,(H,27,36)(H,29,35)(H,30,31)/t18-,26?/m0/s1. The quantitative estimate of drug-likeness (QED) is 0.487. The first-order chi connectivity index (χ1) is 17.8. The van der Waals surface area contributed by atoms with Crippen molar-refractivity contribution in [3.8, 4) is 0 Å². The maximum atomic E-state index is 13.4. The molecule has 2 aromatic rings. The SMILES string of the molecule is CC(=O)N1CCC(C)(Nc2nncn2[C@H]2CCc3sc(NC(=O)C4CC4)c(C(=O)NCC4CC4)c3C2)C1. The molecular formula is C26H35N7O3S. The summed E-state index contributed by atoms with van der Waals surface area (Å²) in [6.07, 6.45) is 9.20. The van der Waals surface area contributed by atoms with Gasteiger partial charge in [0, 0.05) is 43.4 Å². The fourth-order valence-corrected chi connectivity index (χ4v) is 6.78. The Morgan fingerprint density at radius 3 is 2.70 bits per heavy atom. The summed E-state index contributed by atoms with van der Waals surface area (Å²) in [6, 6.07) is 0.0930. The molecule has 2 atom stereocenters. The van der Waals surface area contributed by atoms with Crippen LogP contribution in [0, 0.1) is 11.8 Å². The van der Waals surface area contributed by atoms with Gasteiger partial charge in [-0.15, -0.1) is 21.5 Å². The normalized spacial score (nSPS) is 25.0. The lowest BCUT2D eigenvalue weighted by Crippen LogP contribution is -2.40. The van der Waals surface area contributed by atoms with Crippen LogP contribution in [-0.4, -0.2) is 62.6 Å². The van der Waals surface area contributed by atoms with Gasteiger partial charge in [0.2, 0.25) is 17.8 Å². The van der Waals surface area contributed by atoms with Gasteiger partial charge >= 0.3 is 0 Å². The summed E-state index contributed by atoms with van der Waals surface area (Å²) in [5.41, 5.74) is 1.41. The number of thiophene rings is 1. The number of hydrogen-bond donors (Lipinski definition) is 3. The number of nitrogens with zero attached hydrogens (tertiary/aromatic N) is 4. The van der Waals surface area contributed by atoms with Gasteiger partial charge in [0.15, 0.2) is 0 Å². The van der Waals surface area contributed by atoms with Crippen molar-refractivity contribution < 1.29 is 14.4 Å². The molecule has 2 aromatic heterocycles. The molecule has 10 nitrogen and oxygen atoms in total. The van der Waals surface area contributed by atoms with E-state index in [0.717, 1.165) is 44.2 Å². The number of fused-ring (bicyclic) bond motifs is 1. The Kier molecular flexibility index (Phi) is 6.21. The monoisotopic (exact) mass is 525 g/mol. The average molecular weight is 526 g/mol. The summed E-state index contributed by atoms with van der Waals surface area (Å²) in [6.45, 7) is 5.77. The van der Waals surface area contributed by atoms with E-state index in [4.69, 9.17) is 0 Å². The second-order valence-corrected chi connectivity index (χ2v) is 12.6. The number of rotatable bonds is 8. The number of carbonyl (C=O) groups excluding carboxylic acids is 3. The fourth-order valence-electron chi connectivity index (χ4n) is 5.54. The molecule has 0 radical (unpaired) electrons. The fraction of sp³-hybridized carbons (Fsp3) is 0.654. The van der Waals surface area contributed by atoms with Crippen LogP contribution in [-0.2, 0) is 22.4 Å². The van der Waals surface area contributed by atoms with Crippen LogP contribution in [0.3, 0.4) is 0 Å². The molecule has 3 N–H and O–H groups in total. The molecule has 3 heterocycles. The van der Waals surface area contributed by atoms with Crippen molar-refractivity contribution in [2.24, 2.45) is 11.8 Å². The molecule has 4 aliphatic rings. The number of hydrogen-bond acceptors (Lipinski definition) is 7. The zero-order valence-corrected chi connectivity index (χ0v) is 22.3. The number of nitrogens with one attached hydrogen (secondary N) is 3. The topological polar surface area (TPSA) is 121 Å². The average Bonchev–Trinajstić information content (AvgIpc) is 3.77. The van der Waals surface area contributed by atoms with E-state index in [0.29, 0.717) is 41.9 Å². The maximum absolute atomic E-state index is 13.4. The van der Waals surface area contributed by atoms with Crippen molar-refractivity contribution in [3.05, 3.63) is 22.3 Å². The predicted molar refractivity (Wildman–Crippen MR) is 141 cm³/mol. The molecule has 3 fully saturated rings. The van der Waals surface area contributed by atoms with E-state index in [2.05, 4.69) is 37.6 Å². The van der Waals surface area contributed by atoms with Gasteiger partial charge < -0.3 is 20.9 Å². The predicted octanol–water partition coefficient (Wildman–Crippen LogP) is 2.98. The molecular weight excluding hydrogens is 490 g/mol. The van der Waals surface area contributed by atoms with Crippen LogP contribution in [0.15, 0.2) is 6.33 Å². The number of aromatic nitrogens is 3. The van der Waals surface area contributed by atoms with Crippen molar-refractivity contribution in [2.45, 2.75) is 76.8 Å². The molecule has 198 valence electrons. The van der Waals surface area contributed by atoms with Crippen molar-refractivity contribution in [2.75, 3.05) is 30.3 Å². The van der Waals surface area contributed by atoms with E-state index < -0.39 is 0 Å². The first-order valence-electron chi connectivity index (χ1n) is 13.5. The van der Waals surface area contributed by atoms with Crippen LogP contribution in [0.5, 0.6) is 0 Å². The second kappa shape index (κ2) is 9.41. The van der Waals surface area contributed by atoms with Gasteiger partial charge in [-0.25, -0.2) is 0 Å². The van der Waals surface area contributed by atoms with Gasteiger partial charge in [0.1, 0.15) is 11.3 Å². The second-order valence-electron chi connectivity index (χ2n) is 11.5. The Morgan fingerprint density at radius 1 is 1.19 bits per heavy atom. The van der Waals surface area contributed by atoms with Crippen molar-refractivity contribution in [1.29, 1.82) is 0 Å². The van der Waals surface area contributed by atoms with Crippen molar-refractivity contribution in [3.63, 3.8) is 0 Å². The van der Waals surface area contributed by atoms with Gasteiger partial charge in [0.05, 0.1) is 11.1 Å². The van der Waals surface area contributed by atoms with Gasteiger partial charge in [-0.2, -0.15) is 0 Å². The van der Waals surface area contributed by atoms with E-state index >= 15 is 0 Å². The molecule has 3 aliphatic carbocycles. The molecule has 1 aliphatic heterocycles. The van der Waals surface area contributed by atoms with Crippen LogP contribution in [0.2, 0.25) is 0 Å². The highest BCUT2D eigenvalue weighted by molar-refractivity contribution is 7.17. The highest BCUT2D eigenvalue weighted by Gasteiger charge is 2.38. The Hall–Kier alpha value is -2.95. The summed E-state index contributed by atoms with van der Waals surface area (Å²) in [4.78, 5) is 40.9. The molecule has 2 saturated carbocycles. The third kappa shape index (κ3) is 5.10. The van der Waals surface area contributed by atoms with E-state index in [9.17, 15) is 14.4 Å². The minimum Gasteiger partial charge on any atom is -0.352 e. The van der Waals surface area contributed by atoms with E-state index in [1.165, 1.54) is 17.7 Å². The van der Waals surface area contributed by atoms with Crippen molar-refractivity contribution in [1.82, 2.24) is 25.0 Å². The summed E-state index contributed by atoms with van der Waals surface area (Å²) < 4.78 is 2.08. The smallest absolute Gasteiger partial charge is 0.254 e. The van der Waals surface area contributed by atoms with Gasteiger partial charge in [-0.05, 0) is 69.8 Å². The lowest BCUT2D eigenvalue weighted by atomic mass is 9.91. The summed E-state index contributed by atoms with van der Waals surface area (Å²) >= 11 is 1.56. The summed E-state index contributed by atoms with van der Waals surface area (Å²) in [5.74, 6) is 1.38. The van der Waals surface area contributed by atoms with Crippen LogP contribution in [0.1, 0.15) is 79.2 Å². The molecule has 0 bridgehead atoms. The Morgan fingerprint density at radius 2 is 2.00 bits per heavy atom. The minimum atomic E-state index is -0.271. The van der Waals surface area contributed by atoms with E-state index in [-0.39, 0.29) is 35.2 Å². The molecule has 11 heteroatoms. The lowest BCUT2D eigenvalue weighted by Gasteiger charge is -2.29. The first-order valence-corrected chi connectivity index (χ1v) is 14.3. The zero-order chi connectivity index (χ0) is 25.7. The Bertz CT molecular complexity index is 1230. The van der Waals surface area contributed by atoms with E-state index in [1.807, 2.05) is 4.90 Å². The van der Waals surface area contributed by atoms with Gasteiger partial charge in [-0.1, -0.05) is 0 Å². The molecule has 1 unspecified atom stereocenters. The molecule has 1 saturated heterocycles. The third-order valence-electron chi connectivity index (χ3n) is 8.19. The van der Waals surface area contributed by atoms with Gasteiger partial charge in [-0.3, -0.25) is 19.0 Å². The van der Waals surface area contributed by atoms with Crippen molar-refractivity contribution >= 4 is 40.0 Å². The minimum absolute atomic E-state index is 0.0288. The molecule has 37 heavy (non-hydrogen) atoms. The molecule has 0 aromatic carbocycles.